The molecule has 1 aromatic rings. The fourth-order valence-corrected chi connectivity index (χ4v) is 3.87. The average molecular weight is 223 g/mol. The molecule has 80 valence electrons. The number of nitrogens with zero attached hydrogens (tertiary/aromatic N) is 1. The maximum atomic E-state index is 12.1. The first-order valence-corrected chi connectivity index (χ1v) is 6.67. The van der Waals surface area contributed by atoms with Crippen molar-refractivity contribution in [1.29, 1.82) is 0 Å². The molecule has 4 heteroatoms. The van der Waals surface area contributed by atoms with Crippen molar-refractivity contribution >= 4 is 10.0 Å². The van der Waals surface area contributed by atoms with Crippen LogP contribution in [0.1, 0.15) is 6.42 Å². The van der Waals surface area contributed by atoms with Crippen LogP contribution in [0.5, 0.6) is 0 Å². The molecule has 0 radical (unpaired) electrons. The average Bonchev–Trinajstić information content (AvgIpc) is 2.87. The lowest BCUT2D eigenvalue weighted by atomic mass is 10.4. The molecule has 0 N–H and O–H groups in total. The number of sulfonamides is 1. The summed E-state index contributed by atoms with van der Waals surface area (Å²) in [7, 11) is -3.21. The Kier molecular flexibility index (Phi) is 1.91. The molecule has 0 amide bonds. The van der Waals surface area contributed by atoms with Gasteiger partial charge in [0.25, 0.3) is 0 Å². The number of hydrogen-bond donors (Lipinski definition) is 0. The van der Waals surface area contributed by atoms with Gasteiger partial charge in [-0.2, -0.15) is 4.31 Å². The largest absolute Gasteiger partial charge is 0.243 e. The fourth-order valence-electron chi connectivity index (χ4n) is 2.29. The lowest BCUT2D eigenvalue weighted by Crippen LogP contribution is -2.30. The Hall–Kier alpha value is -0.870. The molecule has 1 saturated heterocycles. The van der Waals surface area contributed by atoms with Crippen molar-refractivity contribution in [3.63, 3.8) is 0 Å². The van der Waals surface area contributed by atoms with Gasteiger partial charge in [0.05, 0.1) is 4.90 Å². The third-order valence-corrected chi connectivity index (χ3v) is 5.17. The zero-order chi connectivity index (χ0) is 10.5. The van der Waals surface area contributed by atoms with Crippen molar-refractivity contribution in [2.24, 2.45) is 11.8 Å². The van der Waals surface area contributed by atoms with Crippen LogP contribution >= 0.6 is 0 Å². The monoisotopic (exact) mass is 223 g/mol. The summed E-state index contributed by atoms with van der Waals surface area (Å²) < 4.78 is 25.9. The van der Waals surface area contributed by atoms with Crippen LogP contribution in [0.2, 0.25) is 0 Å². The van der Waals surface area contributed by atoms with E-state index in [1.165, 1.54) is 6.42 Å². The number of rotatable bonds is 2. The predicted molar refractivity (Wildman–Crippen MR) is 56.8 cm³/mol. The zero-order valence-electron chi connectivity index (χ0n) is 8.33. The molecule has 3 rings (SSSR count). The van der Waals surface area contributed by atoms with Crippen LogP contribution < -0.4 is 0 Å². The van der Waals surface area contributed by atoms with Gasteiger partial charge in [0.1, 0.15) is 0 Å². The number of benzene rings is 1. The molecule has 0 spiro atoms. The molecular weight excluding hydrogens is 210 g/mol. The summed E-state index contributed by atoms with van der Waals surface area (Å²) in [5.41, 5.74) is 0. The summed E-state index contributed by atoms with van der Waals surface area (Å²) >= 11 is 0. The summed E-state index contributed by atoms with van der Waals surface area (Å²) in [6.45, 7) is 1.45. The number of fused-ring (bicyclic) bond motifs is 1. The molecule has 2 aliphatic rings. The normalized spacial score (nSPS) is 30.1. The summed E-state index contributed by atoms with van der Waals surface area (Å²) in [6.07, 6.45) is 1.22. The van der Waals surface area contributed by atoms with Crippen LogP contribution in [0, 0.1) is 11.8 Å². The van der Waals surface area contributed by atoms with E-state index in [9.17, 15) is 8.42 Å². The molecule has 2 fully saturated rings. The molecule has 3 nitrogen and oxygen atoms in total. The van der Waals surface area contributed by atoms with Gasteiger partial charge in [-0.25, -0.2) is 8.42 Å². The Bertz CT molecular complexity index is 459. The first kappa shape index (κ1) is 9.36. The zero-order valence-corrected chi connectivity index (χ0v) is 9.15. The molecule has 2 atom stereocenters. The van der Waals surface area contributed by atoms with Gasteiger partial charge in [-0.1, -0.05) is 18.2 Å². The molecule has 1 saturated carbocycles. The van der Waals surface area contributed by atoms with Crippen molar-refractivity contribution in [2.45, 2.75) is 11.3 Å². The van der Waals surface area contributed by atoms with Crippen LogP contribution in [0.4, 0.5) is 0 Å². The van der Waals surface area contributed by atoms with Gasteiger partial charge in [-0.15, -0.1) is 0 Å². The van der Waals surface area contributed by atoms with Crippen molar-refractivity contribution in [3.05, 3.63) is 30.3 Å². The number of piperidine rings is 1. The topological polar surface area (TPSA) is 37.4 Å². The highest BCUT2D eigenvalue weighted by Crippen LogP contribution is 2.46. The van der Waals surface area contributed by atoms with E-state index in [4.69, 9.17) is 0 Å². The van der Waals surface area contributed by atoms with E-state index in [0.29, 0.717) is 16.7 Å². The highest BCUT2D eigenvalue weighted by molar-refractivity contribution is 7.89. The fraction of sp³-hybridized carbons (Fsp3) is 0.455. The SMILES string of the molecule is O=S(=O)(c1ccccc1)N1CC2CC2C1. The standard InChI is InChI=1S/C11H13NO2S/c13-15(14,11-4-2-1-3-5-11)12-7-9-6-10(9)8-12/h1-5,9-10H,6-8H2. The summed E-state index contributed by atoms with van der Waals surface area (Å²) in [4.78, 5) is 0.423. The van der Waals surface area contributed by atoms with Crippen molar-refractivity contribution in [1.82, 2.24) is 4.31 Å². The second-order valence-electron chi connectivity index (χ2n) is 4.39. The van der Waals surface area contributed by atoms with Crippen molar-refractivity contribution < 1.29 is 8.42 Å². The third kappa shape index (κ3) is 1.48. The van der Waals surface area contributed by atoms with E-state index in [-0.39, 0.29) is 0 Å². The summed E-state index contributed by atoms with van der Waals surface area (Å²) in [5, 5.41) is 0. The maximum absolute atomic E-state index is 12.1. The molecule has 2 unspecified atom stereocenters. The van der Waals surface area contributed by atoms with Crippen LogP contribution in [0.25, 0.3) is 0 Å². The summed E-state index contributed by atoms with van der Waals surface area (Å²) in [6, 6.07) is 8.70. The van der Waals surface area contributed by atoms with Gasteiger partial charge in [0, 0.05) is 13.1 Å². The second-order valence-corrected chi connectivity index (χ2v) is 6.33. The van der Waals surface area contributed by atoms with E-state index in [0.717, 1.165) is 13.1 Å². The molecular formula is C11H13NO2S. The summed E-state index contributed by atoms with van der Waals surface area (Å²) in [5.74, 6) is 1.28. The minimum atomic E-state index is -3.21. The Morgan fingerprint density at radius 2 is 1.67 bits per heavy atom. The molecule has 0 bridgehead atoms. The van der Waals surface area contributed by atoms with Crippen LogP contribution in [-0.4, -0.2) is 25.8 Å². The first-order chi connectivity index (χ1) is 7.18. The van der Waals surface area contributed by atoms with E-state index in [1.54, 1.807) is 28.6 Å². The third-order valence-electron chi connectivity index (χ3n) is 3.33. The quantitative estimate of drug-likeness (QED) is 0.758. The molecule has 1 aliphatic carbocycles. The molecule has 1 aromatic carbocycles. The van der Waals surface area contributed by atoms with E-state index in [1.807, 2.05) is 6.07 Å². The lowest BCUT2D eigenvalue weighted by molar-refractivity contribution is 0.443. The molecule has 1 aliphatic heterocycles. The Balaban J connectivity index is 1.91. The van der Waals surface area contributed by atoms with Gasteiger partial charge in [0.2, 0.25) is 10.0 Å². The highest BCUT2D eigenvalue weighted by atomic mass is 32.2. The minimum Gasteiger partial charge on any atom is -0.207 e. The van der Waals surface area contributed by atoms with Crippen LogP contribution in [-0.2, 0) is 10.0 Å². The predicted octanol–water partition coefficient (Wildman–Crippen LogP) is 1.33. The van der Waals surface area contributed by atoms with Crippen LogP contribution in [0.15, 0.2) is 35.2 Å². The van der Waals surface area contributed by atoms with Crippen LogP contribution in [0.3, 0.4) is 0 Å². The maximum Gasteiger partial charge on any atom is 0.243 e. The molecule has 15 heavy (non-hydrogen) atoms. The number of hydrogen-bond acceptors (Lipinski definition) is 2. The van der Waals surface area contributed by atoms with Gasteiger partial charge in [0.15, 0.2) is 0 Å². The van der Waals surface area contributed by atoms with Crippen molar-refractivity contribution in [3.8, 4) is 0 Å². The highest BCUT2D eigenvalue weighted by Gasteiger charge is 2.48. The van der Waals surface area contributed by atoms with Gasteiger partial charge in [-0.05, 0) is 30.4 Å². The lowest BCUT2D eigenvalue weighted by Gasteiger charge is -2.17. The van der Waals surface area contributed by atoms with Gasteiger partial charge < -0.3 is 0 Å². The first-order valence-electron chi connectivity index (χ1n) is 5.23. The van der Waals surface area contributed by atoms with Gasteiger partial charge >= 0.3 is 0 Å². The Morgan fingerprint density at radius 1 is 1.07 bits per heavy atom. The van der Waals surface area contributed by atoms with Gasteiger partial charge in [-0.3, -0.25) is 0 Å². The molecule has 0 aromatic heterocycles. The van der Waals surface area contributed by atoms with E-state index >= 15 is 0 Å². The Morgan fingerprint density at radius 3 is 2.27 bits per heavy atom. The van der Waals surface area contributed by atoms with Crippen molar-refractivity contribution in [2.75, 3.05) is 13.1 Å². The van der Waals surface area contributed by atoms with E-state index in [2.05, 4.69) is 0 Å². The van der Waals surface area contributed by atoms with E-state index < -0.39 is 10.0 Å². The minimum absolute atomic E-state index is 0.423. The molecule has 1 heterocycles. The Labute approximate surface area is 89.8 Å². The second kappa shape index (κ2) is 3.06. The smallest absolute Gasteiger partial charge is 0.207 e.